The van der Waals surface area contributed by atoms with Crippen molar-refractivity contribution in [2.45, 2.75) is 19.9 Å². The smallest absolute Gasteiger partial charge is 0.323 e. The van der Waals surface area contributed by atoms with Gasteiger partial charge < -0.3 is 15.8 Å². The first-order valence-corrected chi connectivity index (χ1v) is 6.40. The number of rotatable bonds is 6. The molecule has 0 spiro atoms. The van der Waals surface area contributed by atoms with Gasteiger partial charge in [-0.25, -0.2) is 8.78 Å². The number of anilines is 2. The summed E-state index contributed by atoms with van der Waals surface area (Å²) in [5.74, 6) is -1.57. The van der Waals surface area contributed by atoms with Gasteiger partial charge in [0.05, 0.1) is 6.61 Å². The molecule has 6 nitrogen and oxygen atoms in total. The third kappa shape index (κ3) is 4.23. The van der Waals surface area contributed by atoms with E-state index in [1.165, 1.54) is 6.07 Å². The monoisotopic (exact) mass is 295 g/mol. The summed E-state index contributed by atoms with van der Waals surface area (Å²) in [6.07, 6.45) is 0.809. The van der Waals surface area contributed by atoms with Crippen LogP contribution in [0.2, 0.25) is 0 Å². The lowest BCUT2D eigenvalue weighted by Crippen LogP contribution is -2.10. The maximum atomic E-state index is 13.1. The molecule has 1 aromatic heterocycles. The maximum absolute atomic E-state index is 13.1. The highest BCUT2D eigenvalue weighted by molar-refractivity contribution is 5.34. The van der Waals surface area contributed by atoms with E-state index in [2.05, 4.69) is 20.3 Å². The number of hydrogen-bond donors (Lipinski definition) is 2. The lowest BCUT2D eigenvalue weighted by Gasteiger charge is -2.08. The van der Waals surface area contributed by atoms with Gasteiger partial charge in [-0.2, -0.15) is 15.0 Å². The second-order valence-electron chi connectivity index (χ2n) is 4.25. The normalized spacial score (nSPS) is 10.4. The number of aromatic nitrogens is 3. The summed E-state index contributed by atoms with van der Waals surface area (Å²) in [5, 5.41) is 2.85. The fourth-order valence-corrected chi connectivity index (χ4v) is 1.54. The molecule has 0 saturated heterocycles. The Morgan fingerprint density at radius 2 is 2.00 bits per heavy atom. The van der Waals surface area contributed by atoms with Gasteiger partial charge in [0.2, 0.25) is 11.9 Å². The SMILES string of the molecule is CCCOc1nc(N)nc(NCc2ccc(F)c(F)c2)n1. The van der Waals surface area contributed by atoms with Crippen molar-refractivity contribution < 1.29 is 13.5 Å². The minimum Gasteiger partial charge on any atom is -0.463 e. The Labute approximate surface area is 120 Å². The first-order chi connectivity index (χ1) is 10.1. The standard InChI is InChI=1S/C13H15F2N5O/c1-2-5-21-13-19-11(16)18-12(20-13)17-7-8-3-4-9(14)10(15)6-8/h3-4,6H,2,5,7H2,1H3,(H3,16,17,18,19,20). The van der Waals surface area contributed by atoms with Gasteiger partial charge in [-0.1, -0.05) is 13.0 Å². The van der Waals surface area contributed by atoms with Crippen LogP contribution in [0.4, 0.5) is 20.7 Å². The van der Waals surface area contributed by atoms with Gasteiger partial charge in [0.15, 0.2) is 11.6 Å². The summed E-state index contributed by atoms with van der Waals surface area (Å²) in [5.41, 5.74) is 6.10. The average molecular weight is 295 g/mol. The summed E-state index contributed by atoms with van der Waals surface area (Å²) in [6, 6.07) is 3.74. The summed E-state index contributed by atoms with van der Waals surface area (Å²) in [7, 11) is 0. The van der Waals surface area contributed by atoms with Crippen molar-refractivity contribution in [2.75, 3.05) is 17.7 Å². The summed E-state index contributed by atoms with van der Waals surface area (Å²) in [6.45, 7) is 2.63. The Morgan fingerprint density at radius 1 is 1.19 bits per heavy atom. The van der Waals surface area contributed by atoms with Crippen molar-refractivity contribution >= 4 is 11.9 Å². The van der Waals surface area contributed by atoms with E-state index >= 15 is 0 Å². The molecule has 0 aliphatic rings. The second-order valence-corrected chi connectivity index (χ2v) is 4.25. The van der Waals surface area contributed by atoms with Crippen LogP contribution in [0.5, 0.6) is 6.01 Å². The predicted octanol–water partition coefficient (Wildman–Crippen LogP) is 2.13. The Morgan fingerprint density at radius 3 is 2.71 bits per heavy atom. The molecule has 0 aliphatic carbocycles. The number of nitrogen functional groups attached to an aromatic ring is 1. The minimum absolute atomic E-state index is 0.0175. The van der Waals surface area contributed by atoms with E-state index in [0.717, 1.165) is 18.6 Å². The zero-order valence-corrected chi connectivity index (χ0v) is 11.4. The fraction of sp³-hybridized carbons (Fsp3) is 0.308. The van der Waals surface area contributed by atoms with E-state index < -0.39 is 11.6 Å². The number of nitrogens with one attached hydrogen (secondary N) is 1. The van der Waals surface area contributed by atoms with Crippen LogP contribution in [0.25, 0.3) is 0 Å². The van der Waals surface area contributed by atoms with Crippen molar-refractivity contribution in [3.63, 3.8) is 0 Å². The molecular formula is C13H15F2N5O. The summed E-state index contributed by atoms with van der Waals surface area (Å²) < 4.78 is 31.2. The summed E-state index contributed by atoms with van der Waals surface area (Å²) in [4.78, 5) is 11.8. The Hall–Kier alpha value is -2.51. The third-order valence-electron chi connectivity index (χ3n) is 2.50. The first kappa shape index (κ1) is 14.9. The highest BCUT2D eigenvalue weighted by Crippen LogP contribution is 2.12. The van der Waals surface area contributed by atoms with Crippen LogP contribution in [-0.4, -0.2) is 21.6 Å². The van der Waals surface area contributed by atoms with Gasteiger partial charge in [-0.3, -0.25) is 0 Å². The number of benzene rings is 1. The Bertz CT molecular complexity index is 624. The maximum Gasteiger partial charge on any atom is 0.323 e. The molecule has 21 heavy (non-hydrogen) atoms. The fourth-order valence-electron chi connectivity index (χ4n) is 1.54. The topological polar surface area (TPSA) is 86.0 Å². The molecular weight excluding hydrogens is 280 g/mol. The van der Waals surface area contributed by atoms with E-state index in [0.29, 0.717) is 12.2 Å². The molecule has 0 radical (unpaired) electrons. The minimum atomic E-state index is -0.906. The molecule has 2 aromatic rings. The Kier molecular flexibility index (Phi) is 4.81. The molecule has 0 unspecified atom stereocenters. The predicted molar refractivity (Wildman–Crippen MR) is 73.7 cm³/mol. The van der Waals surface area contributed by atoms with Crippen LogP contribution in [0.1, 0.15) is 18.9 Å². The number of nitrogens with two attached hydrogens (primary N) is 1. The third-order valence-corrected chi connectivity index (χ3v) is 2.50. The van der Waals surface area contributed by atoms with Crippen molar-refractivity contribution in [3.05, 3.63) is 35.4 Å². The second kappa shape index (κ2) is 6.78. The molecule has 3 N–H and O–H groups in total. The van der Waals surface area contributed by atoms with Crippen LogP contribution in [0.3, 0.4) is 0 Å². The van der Waals surface area contributed by atoms with Crippen LogP contribution < -0.4 is 15.8 Å². The van der Waals surface area contributed by atoms with E-state index in [1.807, 2.05) is 6.92 Å². The zero-order valence-electron chi connectivity index (χ0n) is 11.4. The van der Waals surface area contributed by atoms with Crippen LogP contribution >= 0.6 is 0 Å². The van der Waals surface area contributed by atoms with Gasteiger partial charge in [-0.05, 0) is 24.1 Å². The van der Waals surface area contributed by atoms with Crippen LogP contribution in [0, 0.1) is 11.6 Å². The van der Waals surface area contributed by atoms with Crippen molar-refractivity contribution in [2.24, 2.45) is 0 Å². The van der Waals surface area contributed by atoms with Gasteiger partial charge in [-0.15, -0.1) is 0 Å². The number of halogens is 2. The molecule has 1 heterocycles. The van der Waals surface area contributed by atoms with E-state index in [-0.39, 0.29) is 24.5 Å². The molecule has 0 bridgehead atoms. The highest BCUT2D eigenvalue weighted by atomic mass is 19.2. The van der Waals surface area contributed by atoms with Crippen molar-refractivity contribution in [3.8, 4) is 6.01 Å². The van der Waals surface area contributed by atoms with Crippen LogP contribution in [0.15, 0.2) is 18.2 Å². The molecule has 1 aromatic carbocycles. The molecule has 0 saturated carbocycles. The molecule has 0 fully saturated rings. The van der Waals surface area contributed by atoms with Gasteiger partial charge in [0, 0.05) is 6.54 Å². The molecule has 112 valence electrons. The van der Waals surface area contributed by atoms with Crippen molar-refractivity contribution in [1.82, 2.24) is 15.0 Å². The van der Waals surface area contributed by atoms with Gasteiger partial charge in [0.25, 0.3) is 0 Å². The summed E-state index contributed by atoms with van der Waals surface area (Å²) >= 11 is 0. The van der Waals surface area contributed by atoms with E-state index in [1.54, 1.807) is 0 Å². The van der Waals surface area contributed by atoms with E-state index in [9.17, 15) is 8.78 Å². The van der Waals surface area contributed by atoms with Crippen molar-refractivity contribution in [1.29, 1.82) is 0 Å². The number of hydrogen-bond acceptors (Lipinski definition) is 6. The number of ether oxygens (including phenoxy) is 1. The zero-order chi connectivity index (χ0) is 15.2. The largest absolute Gasteiger partial charge is 0.463 e. The lowest BCUT2D eigenvalue weighted by molar-refractivity contribution is 0.292. The van der Waals surface area contributed by atoms with E-state index in [4.69, 9.17) is 10.5 Å². The molecule has 8 heteroatoms. The van der Waals surface area contributed by atoms with Gasteiger partial charge in [0.1, 0.15) is 0 Å². The first-order valence-electron chi connectivity index (χ1n) is 6.40. The van der Waals surface area contributed by atoms with Gasteiger partial charge >= 0.3 is 6.01 Å². The highest BCUT2D eigenvalue weighted by Gasteiger charge is 2.06. The molecule has 0 amide bonds. The molecule has 0 aliphatic heterocycles. The molecule has 0 atom stereocenters. The number of nitrogens with zero attached hydrogens (tertiary/aromatic N) is 3. The average Bonchev–Trinajstić information content (AvgIpc) is 2.46. The Balaban J connectivity index is 2.05. The van der Waals surface area contributed by atoms with Crippen LogP contribution in [-0.2, 0) is 6.54 Å². The lowest BCUT2D eigenvalue weighted by atomic mass is 10.2. The molecule has 2 rings (SSSR count). The quantitative estimate of drug-likeness (QED) is 0.849.